The molecule has 0 spiro atoms. The number of hydrogen-bond acceptors (Lipinski definition) is 2. The molecule has 2 aromatic carbocycles. The summed E-state index contributed by atoms with van der Waals surface area (Å²) < 4.78 is 14.6. The van der Waals surface area contributed by atoms with Crippen molar-refractivity contribution < 1.29 is 19.1 Å². The summed E-state index contributed by atoms with van der Waals surface area (Å²) in [7, 11) is 0. The minimum absolute atomic E-state index is 0.00970. The summed E-state index contributed by atoms with van der Waals surface area (Å²) in [5, 5.41) is 9.56. The normalized spacial score (nSPS) is 11.8. The Bertz CT molecular complexity index is 749. The molecule has 6 heteroatoms. The molecule has 0 unspecified atom stereocenters. The van der Waals surface area contributed by atoms with Gasteiger partial charge in [0.25, 0.3) is 0 Å². The molecule has 25 heavy (non-hydrogen) atoms. The lowest BCUT2D eigenvalue weighted by Crippen LogP contribution is -2.35. The number of hydrogen-bond donors (Lipinski definition) is 1. The minimum Gasteiger partial charge on any atom is -0.465 e. The van der Waals surface area contributed by atoms with Gasteiger partial charge in [0.05, 0.1) is 11.6 Å². The summed E-state index contributed by atoms with van der Waals surface area (Å²) in [5.74, 6) is -0.996. The van der Waals surface area contributed by atoms with Crippen LogP contribution in [0.4, 0.5) is 9.18 Å². The molecule has 1 atom stereocenters. The van der Waals surface area contributed by atoms with E-state index in [-0.39, 0.29) is 24.6 Å². The van der Waals surface area contributed by atoms with Gasteiger partial charge in [0.15, 0.2) is 5.78 Å². The number of Topliss-reactive ketones (excluding diaryl/α,β-unsaturated/α-hetero) is 1. The summed E-state index contributed by atoms with van der Waals surface area (Å²) in [6.07, 6.45) is -0.599. The van der Waals surface area contributed by atoms with Crippen molar-refractivity contribution in [2.75, 3.05) is 6.54 Å². The number of amides is 1. The first-order chi connectivity index (χ1) is 11.9. The zero-order chi connectivity index (χ0) is 18.4. The second-order valence-corrected chi connectivity index (χ2v) is 6.52. The largest absolute Gasteiger partial charge is 0.465 e. The Morgan fingerprint density at radius 3 is 2.36 bits per heavy atom. The molecule has 0 aliphatic carbocycles. The highest BCUT2D eigenvalue weighted by Gasteiger charge is 2.24. The van der Waals surface area contributed by atoms with E-state index in [9.17, 15) is 19.1 Å². The van der Waals surface area contributed by atoms with Gasteiger partial charge in [-0.25, -0.2) is 9.18 Å². The zero-order valence-corrected chi connectivity index (χ0v) is 15.4. The summed E-state index contributed by atoms with van der Waals surface area (Å²) >= 11 is 3.35. The van der Waals surface area contributed by atoms with Crippen molar-refractivity contribution in [2.24, 2.45) is 0 Å². The monoisotopic (exact) mass is 407 g/mol. The number of rotatable bonds is 7. The summed E-state index contributed by atoms with van der Waals surface area (Å²) in [4.78, 5) is 25.1. The summed E-state index contributed by atoms with van der Waals surface area (Å²) in [6, 6.07) is 12.8. The molecular weight excluding hydrogens is 389 g/mol. The maximum absolute atomic E-state index is 13.7. The van der Waals surface area contributed by atoms with Gasteiger partial charge < -0.3 is 10.0 Å². The fraction of sp³-hybridized carbons (Fsp3) is 0.263. The quantitative estimate of drug-likeness (QED) is 0.634. The van der Waals surface area contributed by atoms with E-state index < -0.39 is 17.7 Å². The molecule has 0 bridgehead atoms. The van der Waals surface area contributed by atoms with Crippen molar-refractivity contribution in [1.29, 1.82) is 0 Å². The molecule has 0 fully saturated rings. The van der Waals surface area contributed by atoms with Crippen LogP contribution in [-0.4, -0.2) is 28.4 Å². The smallest absolute Gasteiger partial charge is 0.407 e. The molecule has 132 valence electrons. The molecule has 2 rings (SSSR count). The van der Waals surface area contributed by atoms with Crippen molar-refractivity contribution in [3.63, 3.8) is 0 Å². The van der Waals surface area contributed by atoms with Crippen LogP contribution in [0.15, 0.2) is 53.0 Å². The second-order valence-electron chi connectivity index (χ2n) is 5.60. The standard InChI is InChI=1S/C19H19BrFNO3/c1-2-17(13-7-9-14(20)10-8-13)22(19(24)25)12-11-18(23)15-5-3-4-6-16(15)21/h3-10,17H,2,11-12H2,1H3,(H,24,25)/t17-/m0/s1. The van der Waals surface area contributed by atoms with E-state index >= 15 is 0 Å². The average molecular weight is 408 g/mol. The van der Waals surface area contributed by atoms with Gasteiger partial charge in [0.1, 0.15) is 5.82 Å². The summed E-state index contributed by atoms with van der Waals surface area (Å²) in [6.45, 7) is 1.90. The molecule has 0 radical (unpaired) electrons. The molecule has 2 aromatic rings. The third-order valence-electron chi connectivity index (χ3n) is 4.02. The predicted molar refractivity (Wildman–Crippen MR) is 97.3 cm³/mol. The van der Waals surface area contributed by atoms with Crippen LogP contribution in [0.5, 0.6) is 0 Å². The van der Waals surface area contributed by atoms with Crippen LogP contribution in [0, 0.1) is 5.82 Å². The van der Waals surface area contributed by atoms with E-state index in [1.807, 2.05) is 31.2 Å². The lowest BCUT2D eigenvalue weighted by molar-refractivity contribution is 0.0930. The number of carbonyl (C=O) groups is 2. The highest BCUT2D eigenvalue weighted by atomic mass is 79.9. The van der Waals surface area contributed by atoms with Crippen LogP contribution < -0.4 is 0 Å². The van der Waals surface area contributed by atoms with Gasteiger partial charge in [-0.2, -0.15) is 0 Å². The number of nitrogens with zero attached hydrogens (tertiary/aromatic N) is 1. The fourth-order valence-corrected chi connectivity index (χ4v) is 3.01. The van der Waals surface area contributed by atoms with Crippen LogP contribution >= 0.6 is 15.9 Å². The van der Waals surface area contributed by atoms with Crippen LogP contribution in [0.2, 0.25) is 0 Å². The second kappa shape index (κ2) is 8.76. The van der Waals surface area contributed by atoms with Gasteiger partial charge in [0, 0.05) is 17.4 Å². The lowest BCUT2D eigenvalue weighted by atomic mass is 10.0. The molecule has 0 aliphatic rings. The molecule has 0 saturated carbocycles. The topological polar surface area (TPSA) is 57.6 Å². The van der Waals surface area contributed by atoms with Crippen molar-refractivity contribution >= 4 is 27.8 Å². The number of halogens is 2. The van der Waals surface area contributed by atoms with Gasteiger partial charge in [-0.3, -0.25) is 4.79 Å². The molecule has 0 aliphatic heterocycles. The van der Waals surface area contributed by atoms with Gasteiger partial charge in [0.2, 0.25) is 0 Å². The highest BCUT2D eigenvalue weighted by molar-refractivity contribution is 9.10. The number of benzene rings is 2. The van der Waals surface area contributed by atoms with Crippen molar-refractivity contribution in [3.05, 3.63) is 69.9 Å². The van der Waals surface area contributed by atoms with Gasteiger partial charge in [-0.1, -0.05) is 47.1 Å². The average Bonchev–Trinajstić information content (AvgIpc) is 2.59. The van der Waals surface area contributed by atoms with Crippen LogP contribution in [0.1, 0.15) is 41.7 Å². The third-order valence-corrected chi connectivity index (χ3v) is 4.55. The van der Waals surface area contributed by atoms with E-state index in [4.69, 9.17) is 0 Å². The first-order valence-electron chi connectivity index (χ1n) is 7.96. The Labute approximate surface area is 154 Å². The first-order valence-corrected chi connectivity index (χ1v) is 8.76. The van der Waals surface area contributed by atoms with E-state index in [0.717, 1.165) is 10.0 Å². The lowest BCUT2D eigenvalue weighted by Gasteiger charge is -2.29. The predicted octanol–water partition coefficient (Wildman–Crippen LogP) is 5.29. The van der Waals surface area contributed by atoms with Gasteiger partial charge in [-0.15, -0.1) is 0 Å². The van der Waals surface area contributed by atoms with Gasteiger partial charge >= 0.3 is 6.09 Å². The Kier molecular flexibility index (Phi) is 6.70. The Hall–Kier alpha value is -2.21. The Morgan fingerprint density at radius 2 is 1.80 bits per heavy atom. The van der Waals surface area contributed by atoms with E-state index in [2.05, 4.69) is 15.9 Å². The highest BCUT2D eigenvalue weighted by Crippen LogP contribution is 2.26. The van der Waals surface area contributed by atoms with Crippen molar-refractivity contribution in [3.8, 4) is 0 Å². The maximum Gasteiger partial charge on any atom is 0.407 e. The number of carbonyl (C=O) groups excluding carboxylic acids is 1. The maximum atomic E-state index is 13.7. The molecule has 1 amide bonds. The Balaban J connectivity index is 2.14. The zero-order valence-electron chi connectivity index (χ0n) is 13.8. The fourth-order valence-electron chi connectivity index (χ4n) is 2.75. The molecule has 0 saturated heterocycles. The van der Waals surface area contributed by atoms with Crippen molar-refractivity contribution in [2.45, 2.75) is 25.8 Å². The van der Waals surface area contributed by atoms with E-state index in [1.54, 1.807) is 6.07 Å². The number of ketones is 1. The van der Waals surface area contributed by atoms with E-state index in [1.165, 1.54) is 23.1 Å². The molecule has 0 aromatic heterocycles. The van der Waals surface area contributed by atoms with Crippen LogP contribution in [-0.2, 0) is 0 Å². The van der Waals surface area contributed by atoms with Crippen LogP contribution in [0.25, 0.3) is 0 Å². The SMILES string of the molecule is CC[C@@H](c1ccc(Br)cc1)N(CCC(=O)c1ccccc1F)C(=O)O. The number of carboxylic acid groups (broad SMARTS) is 1. The molecule has 0 heterocycles. The Morgan fingerprint density at radius 1 is 1.16 bits per heavy atom. The molecular formula is C19H19BrFNO3. The van der Waals surface area contributed by atoms with Crippen LogP contribution in [0.3, 0.4) is 0 Å². The minimum atomic E-state index is -1.10. The molecule has 4 nitrogen and oxygen atoms in total. The summed E-state index contributed by atoms with van der Waals surface area (Å²) in [5.41, 5.74) is 0.843. The first kappa shape index (κ1) is 19.1. The molecule has 1 N–H and O–H groups in total. The van der Waals surface area contributed by atoms with E-state index in [0.29, 0.717) is 6.42 Å². The van der Waals surface area contributed by atoms with Crippen molar-refractivity contribution in [1.82, 2.24) is 4.90 Å². The third kappa shape index (κ3) is 4.89. The van der Waals surface area contributed by atoms with Gasteiger partial charge in [-0.05, 0) is 36.2 Å².